The highest BCUT2D eigenvalue weighted by Gasteiger charge is 1.97. The fourth-order valence-corrected chi connectivity index (χ4v) is 1.10. The van der Waals surface area contributed by atoms with Gasteiger partial charge in [-0.1, -0.05) is 29.4 Å². The van der Waals surface area contributed by atoms with Gasteiger partial charge in [-0.3, -0.25) is 0 Å². The zero-order valence-electron chi connectivity index (χ0n) is 7.57. The fraction of sp³-hybridized carbons (Fsp3) is 0.300. The molecule has 0 aliphatic heterocycles. The molecular weight excluding hydrogens is 166 g/mol. The van der Waals surface area contributed by atoms with Gasteiger partial charge in [-0.25, -0.2) is 0 Å². The van der Waals surface area contributed by atoms with Crippen LogP contribution in [0.4, 0.5) is 0 Å². The predicted molar refractivity (Wildman–Crippen MR) is 51.2 cm³/mol. The van der Waals surface area contributed by atoms with Gasteiger partial charge in [0, 0.05) is 6.61 Å². The summed E-state index contributed by atoms with van der Waals surface area (Å²) in [5, 5.41) is 20.3. The minimum absolute atomic E-state index is 0.159. The van der Waals surface area contributed by atoms with Gasteiger partial charge in [0.05, 0.1) is 5.71 Å². The average molecular weight is 179 g/mol. The summed E-state index contributed by atoms with van der Waals surface area (Å²) in [6, 6.07) is 7.58. The van der Waals surface area contributed by atoms with Crippen LogP contribution in [0, 0.1) is 0 Å². The van der Waals surface area contributed by atoms with Crippen LogP contribution in [-0.2, 0) is 6.42 Å². The minimum atomic E-state index is 0.159. The highest BCUT2D eigenvalue weighted by atomic mass is 16.4. The molecule has 70 valence electrons. The van der Waals surface area contributed by atoms with Gasteiger partial charge >= 0.3 is 0 Å². The third-order valence-corrected chi connectivity index (χ3v) is 1.92. The summed E-state index contributed by atoms with van der Waals surface area (Å²) in [6.07, 6.45) is 0.662. The standard InChI is InChI=1S/C10H13NO2/c1-8(11-13)10-4-2-9(3-5-10)6-7-12/h2-5,12-13H,6-7H2,1H3/b11-8-. The largest absolute Gasteiger partial charge is 0.411 e. The molecule has 0 fully saturated rings. The summed E-state index contributed by atoms with van der Waals surface area (Å²) in [6.45, 7) is 1.90. The molecule has 0 saturated heterocycles. The molecule has 0 heterocycles. The molecule has 0 bridgehead atoms. The Hall–Kier alpha value is -1.35. The van der Waals surface area contributed by atoms with Crippen LogP contribution in [-0.4, -0.2) is 22.6 Å². The van der Waals surface area contributed by atoms with Crippen molar-refractivity contribution in [1.82, 2.24) is 0 Å². The first-order valence-corrected chi connectivity index (χ1v) is 4.16. The van der Waals surface area contributed by atoms with E-state index in [2.05, 4.69) is 5.16 Å². The van der Waals surface area contributed by atoms with Gasteiger partial charge in [-0.15, -0.1) is 0 Å². The van der Waals surface area contributed by atoms with E-state index in [9.17, 15) is 0 Å². The SMILES string of the molecule is C/C(=N/O)c1ccc(CCO)cc1. The lowest BCUT2D eigenvalue weighted by Crippen LogP contribution is -1.96. The Bertz CT molecular complexity index is 290. The normalized spacial score (nSPS) is 11.7. The van der Waals surface area contributed by atoms with E-state index in [1.165, 1.54) is 0 Å². The average Bonchev–Trinajstić information content (AvgIpc) is 2.18. The number of hydrogen-bond donors (Lipinski definition) is 2. The number of rotatable bonds is 3. The van der Waals surface area contributed by atoms with Crippen molar-refractivity contribution >= 4 is 5.71 Å². The van der Waals surface area contributed by atoms with Gasteiger partial charge in [-0.05, 0) is 24.5 Å². The first kappa shape index (κ1) is 9.74. The van der Waals surface area contributed by atoms with E-state index in [4.69, 9.17) is 10.3 Å². The van der Waals surface area contributed by atoms with Gasteiger partial charge in [-0.2, -0.15) is 0 Å². The number of nitrogens with zero attached hydrogens (tertiary/aromatic N) is 1. The van der Waals surface area contributed by atoms with Crippen LogP contribution in [0.3, 0.4) is 0 Å². The highest BCUT2D eigenvalue weighted by Crippen LogP contribution is 2.05. The van der Waals surface area contributed by atoms with Crippen LogP contribution in [0.5, 0.6) is 0 Å². The van der Waals surface area contributed by atoms with E-state index in [1.54, 1.807) is 6.92 Å². The molecule has 0 saturated carbocycles. The molecule has 3 heteroatoms. The van der Waals surface area contributed by atoms with E-state index < -0.39 is 0 Å². The molecule has 0 aliphatic rings. The Morgan fingerprint density at radius 2 is 1.92 bits per heavy atom. The van der Waals surface area contributed by atoms with Crippen LogP contribution in [0.25, 0.3) is 0 Å². The molecule has 13 heavy (non-hydrogen) atoms. The Balaban J connectivity index is 2.81. The maximum Gasteiger partial charge on any atom is 0.0836 e. The lowest BCUT2D eigenvalue weighted by atomic mass is 10.1. The summed E-state index contributed by atoms with van der Waals surface area (Å²) in [4.78, 5) is 0. The topological polar surface area (TPSA) is 52.8 Å². The zero-order valence-corrected chi connectivity index (χ0v) is 7.57. The van der Waals surface area contributed by atoms with Crippen LogP contribution in [0.1, 0.15) is 18.1 Å². The van der Waals surface area contributed by atoms with Crippen molar-refractivity contribution in [2.45, 2.75) is 13.3 Å². The van der Waals surface area contributed by atoms with Crippen LogP contribution < -0.4 is 0 Å². The molecule has 2 N–H and O–H groups in total. The lowest BCUT2D eigenvalue weighted by Gasteiger charge is -2.00. The maximum atomic E-state index is 8.68. The summed E-state index contributed by atoms with van der Waals surface area (Å²) < 4.78 is 0. The Morgan fingerprint density at radius 3 is 2.38 bits per heavy atom. The molecule has 3 nitrogen and oxygen atoms in total. The molecule has 0 amide bonds. The number of benzene rings is 1. The summed E-state index contributed by atoms with van der Waals surface area (Å²) in [7, 11) is 0. The van der Waals surface area contributed by atoms with Crippen molar-refractivity contribution in [2.24, 2.45) is 5.16 Å². The Kier molecular flexibility index (Phi) is 3.46. The number of aliphatic hydroxyl groups excluding tert-OH is 1. The molecule has 0 atom stereocenters. The van der Waals surface area contributed by atoms with Crippen molar-refractivity contribution < 1.29 is 10.3 Å². The Labute approximate surface area is 77.3 Å². The lowest BCUT2D eigenvalue weighted by molar-refractivity contribution is 0.299. The van der Waals surface area contributed by atoms with E-state index in [1.807, 2.05) is 24.3 Å². The molecule has 0 aromatic heterocycles. The molecule has 0 unspecified atom stereocenters. The van der Waals surface area contributed by atoms with E-state index in [-0.39, 0.29) is 6.61 Å². The second-order valence-corrected chi connectivity index (χ2v) is 2.86. The third-order valence-electron chi connectivity index (χ3n) is 1.92. The van der Waals surface area contributed by atoms with Gasteiger partial charge in [0.25, 0.3) is 0 Å². The number of oxime groups is 1. The minimum Gasteiger partial charge on any atom is -0.411 e. The van der Waals surface area contributed by atoms with Crippen molar-refractivity contribution in [1.29, 1.82) is 0 Å². The highest BCUT2D eigenvalue weighted by molar-refractivity contribution is 5.98. The van der Waals surface area contributed by atoms with Crippen LogP contribution in [0.15, 0.2) is 29.4 Å². The van der Waals surface area contributed by atoms with Crippen LogP contribution >= 0.6 is 0 Å². The van der Waals surface area contributed by atoms with Crippen molar-refractivity contribution in [3.8, 4) is 0 Å². The van der Waals surface area contributed by atoms with Crippen LogP contribution in [0.2, 0.25) is 0 Å². The molecular formula is C10H13NO2. The summed E-state index contributed by atoms with van der Waals surface area (Å²) >= 11 is 0. The van der Waals surface area contributed by atoms with Gasteiger partial charge < -0.3 is 10.3 Å². The third kappa shape index (κ3) is 2.56. The first-order chi connectivity index (χ1) is 6.27. The van der Waals surface area contributed by atoms with E-state index in [0.29, 0.717) is 12.1 Å². The molecule has 1 aromatic rings. The summed E-state index contributed by atoms with van der Waals surface area (Å²) in [5.41, 5.74) is 2.57. The summed E-state index contributed by atoms with van der Waals surface area (Å²) in [5.74, 6) is 0. The monoisotopic (exact) mass is 179 g/mol. The van der Waals surface area contributed by atoms with Gasteiger partial charge in [0.1, 0.15) is 0 Å². The fourth-order valence-electron chi connectivity index (χ4n) is 1.10. The van der Waals surface area contributed by atoms with E-state index >= 15 is 0 Å². The van der Waals surface area contributed by atoms with E-state index in [0.717, 1.165) is 11.1 Å². The Morgan fingerprint density at radius 1 is 1.31 bits per heavy atom. The quantitative estimate of drug-likeness (QED) is 0.419. The molecule has 0 radical (unpaired) electrons. The van der Waals surface area contributed by atoms with Crippen molar-refractivity contribution in [2.75, 3.05) is 6.61 Å². The molecule has 0 aliphatic carbocycles. The molecule has 1 rings (SSSR count). The maximum absolute atomic E-state index is 8.68. The molecule has 0 spiro atoms. The van der Waals surface area contributed by atoms with Gasteiger partial charge in [0.15, 0.2) is 0 Å². The number of aliphatic hydroxyl groups is 1. The zero-order chi connectivity index (χ0) is 9.68. The van der Waals surface area contributed by atoms with Crippen molar-refractivity contribution in [3.63, 3.8) is 0 Å². The second-order valence-electron chi connectivity index (χ2n) is 2.86. The molecule has 1 aromatic carbocycles. The predicted octanol–water partition coefficient (Wildman–Crippen LogP) is 1.42. The van der Waals surface area contributed by atoms with Crippen molar-refractivity contribution in [3.05, 3.63) is 35.4 Å². The first-order valence-electron chi connectivity index (χ1n) is 4.16. The number of hydrogen-bond acceptors (Lipinski definition) is 3. The second kappa shape index (κ2) is 4.62. The smallest absolute Gasteiger partial charge is 0.0836 e. The van der Waals surface area contributed by atoms with Gasteiger partial charge in [0.2, 0.25) is 0 Å².